The van der Waals surface area contributed by atoms with Crippen LogP contribution >= 0.6 is 11.8 Å². The molecule has 32 heavy (non-hydrogen) atoms. The maximum atomic E-state index is 12.6. The van der Waals surface area contributed by atoms with E-state index in [4.69, 9.17) is 4.74 Å². The minimum absolute atomic E-state index is 0.0173. The smallest absolute Gasteiger partial charge is 0.338 e. The van der Waals surface area contributed by atoms with Gasteiger partial charge in [0.05, 0.1) is 22.4 Å². The van der Waals surface area contributed by atoms with E-state index >= 15 is 0 Å². The fourth-order valence-electron chi connectivity index (χ4n) is 3.11. The number of thioether (sulfide) groups is 1. The zero-order valence-electron chi connectivity index (χ0n) is 17.1. The van der Waals surface area contributed by atoms with Crippen molar-refractivity contribution >= 4 is 41.1 Å². The van der Waals surface area contributed by atoms with Crippen LogP contribution in [0.5, 0.6) is 0 Å². The Hall–Kier alpha value is -3.27. The van der Waals surface area contributed by atoms with Crippen LogP contribution in [0.25, 0.3) is 0 Å². The van der Waals surface area contributed by atoms with Crippen LogP contribution in [0.3, 0.4) is 0 Å². The monoisotopic (exact) mass is 462 g/mol. The number of nitrogens with one attached hydrogen (secondary N) is 1. The second-order valence-electron chi connectivity index (χ2n) is 6.87. The Labute approximate surface area is 187 Å². The van der Waals surface area contributed by atoms with Gasteiger partial charge < -0.3 is 10.1 Å². The minimum atomic E-state index is -2.65. The fourth-order valence-corrected chi connectivity index (χ4v) is 3.70. The molecule has 0 fully saturated rings. The van der Waals surface area contributed by atoms with Crippen molar-refractivity contribution < 1.29 is 32.7 Å². The molecule has 1 heterocycles. The molecule has 2 aromatic rings. The number of nitrogens with zero attached hydrogens (tertiary/aromatic N) is 1. The number of amides is 3. The summed E-state index contributed by atoms with van der Waals surface area (Å²) in [6.07, 6.45) is 1.49. The average molecular weight is 462 g/mol. The van der Waals surface area contributed by atoms with Crippen molar-refractivity contribution in [3.63, 3.8) is 0 Å². The van der Waals surface area contributed by atoms with Crippen molar-refractivity contribution in [1.82, 2.24) is 4.90 Å². The third-order valence-corrected chi connectivity index (χ3v) is 5.44. The second-order valence-corrected chi connectivity index (χ2v) is 7.91. The van der Waals surface area contributed by atoms with E-state index in [1.807, 2.05) is 6.92 Å². The predicted octanol–water partition coefficient (Wildman–Crippen LogP) is 4.19. The Balaban J connectivity index is 1.62. The number of imide groups is 1. The highest BCUT2D eigenvalue weighted by Crippen LogP contribution is 2.31. The molecule has 0 atom stereocenters. The molecule has 10 heteroatoms. The number of ether oxygens (including phenoxy) is 1. The second kappa shape index (κ2) is 10.4. The lowest BCUT2D eigenvalue weighted by molar-refractivity contribution is -0.119. The van der Waals surface area contributed by atoms with Gasteiger partial charge in [0.1, 0.15) is 0 Å². The number of carbonyl (C=O) groups excluding carboxylic acids is 4. The number of carbonyl (C=O) groups is 4. The SMILES string of the molecule is CCCCN1C(=O)c2ccc(C(=O)OCC(=O)Nc3ccccc3SC(F)F)cc2C1=O. The first-order chi connectivity index (χ1) is 15.3. The molecule has 0 spiro atoms. The molecule has 1 N–H and O–H groups in total. The van der Waals surface area contributed by atoms with Gasteiger partial charge in [0.25, 0.3) is 23.5 Å². The van der Waals surface area contributed by atoms with Gasteiger partial charge in [-0.2, -0.15) is 8.78 Å². The number of halogens is 2. The van der Waals surface area contributed by atoms with E-state index in [2.05, 4.69) is 5.32 Å². The highest BCUT2D eigenvalue weighted by Gasteiger charge is 2.35. The summed E-state index contributed by atoms with van der Waals surface area (Å²) in [4.78, 5) is 50.6. The zero-order chi connectivity index (χ0) is 23.3. The molecule has 0 saturated heterocycles. The van der Waals surface area contributed by atoms with Crippen molar-refractivity contribution in [1.29, 1.82) is 0 Å². The van der Waals surface area contributed by atoms with Gasteiger partial charge in [-0.1, -0.05) is 37.2 Å². The third kappa shape index (κ3) is 5.31. The van der Waals surface area contributed by atoms with Crippen LogP contribution < -0.4 is 5.32 Å². The lowest BCUT2D eigenvalue weighted by Crippen LogP contribution is -2.30. The number of rotatable bonds is 9. The topological polar surface area (TPSA) is 92.8 Å². The maximum Gasteiger partial charge on any atom is 0.338 e. The standard InChI is InChI=1S/C22H20F2N2O5S/c1-2-3-10-26-19(28)14-9-8-13(11-15(14)20(26)29)21(30)31-12-18(27)25-16-6-4-5-7-17(16)32-22(23)24/h4-9,11,22H,2-3,10,12H2,1H3,(H,25,27). The molecule has 168 valence electrons. The molecular formula is C22H20F2N2O5S. The zero-order valence-corrected chi connectivity index (χ0v) is 17.9. The summed E-state index contributed by atoms with van der Waals surface area (Å²) in [6.45, 7) is 1.59. The Morgan fingerprint density at radius 1 is 1.09 bits per heavy atom. The van der Waals surface area contributed by atoms with E-state index < -0.39 is 36.1 Å². The number of fused-ring (bicyclic) bond motifs is 1. The number of unbranched alkanes of at least 4 members (excludes halogenated alkanes) is 1. The predicted molar refractivity (Wildman–Crippen MR) is 114 cm³/mol. The van der Waals surface area contributed by atoms with Crippen molar-refractivity contribution in [2.24, 2.45) is 0 Å². The molecule has 3 rings (SSSR count). The van der Waals surface area contributed by atoms with E-state index in [0.29, 0.717) is 13.0 Å². The largest absolute Gasteiger partial charge is 0.452 e. The van der Waals surface area contributed by atoms with E-state index in [-0.39, 0.29) is 39.0 Å². The van der Waals surface area contributed by atoms with Crippen molar-refractivity contribution in [2.45, 2.75) is 30.4 Å². The van der Waals surface area contributed by atoms with Gasteiger partial charge in [0.2, 0.25) is 0 Å². The summed E-state index contributed by atoms with van der Waals surface area (Å²) in [7, 11) is 0. The van der Waals surface area contributed by atoms with Gasteiger partial charge in [0.15, 0.2) is 6.61 Å². The molecule has 0 saturated carbocycles. The highest BCUT2D eigenvalue weighted by molar-refractivity contribution is 7.99. The van der Waals surface area contributed by atoms with Crippen LogP contribution in [0, 0.1) is 0 Å². The number of anilines is 1. The van der Waals surface area contributed by atoms with Gasteiger partial charge in [-0.05, 0) is 36.8 Å². The number of para-hydroxylation sites is 1. The van der Waals surface area contributed by atoms with Crippen molar-refractivity contribution in [3.8, 4) is 0 Å². The van der Waals surface area contributed by atoms with Crippen LogP contribution in [0.1, 0.15) is 50.8 Å². The van der Waals surface area contributed by atoms with Crippen LogP contribution in [0.2, 0.25) is 0 Å². The molecule has 0 aliphatic carbocycles. The first-order valence-corrected chi connectivity index (χ1v) is 10.7. The molecule has 3 amide bonds. The average Bonchev–Trinajstić information content (AvgIpc) is 3.01. The third-order valence-electron chi connectivity index (χ3n) is 4.65. The molecule has 0 radical (unpaired) electrons. The summed E-state index contributed by atoms with van der Waals surface area (Å²) in [5.41, 5.74) is 0.521. The Morgan fingerprint density at radius 3 is 2.53 bits per heavy atom. The summed E-state index contributed by atoms with van der Waals surface area (Å²) < 4.78 is 30.3. The van der Waals surface area contributed by atoms with E-state index in [9.17, 15) is 28.0 Å². The van der Waals surface area contributed by atoms with E-state index in [0.717, 1.165) is 11.3 Å². The van der Waals surface area contributed by atoms with Crippen molar-refractivity contribution in [3.05, 3.63) is 59.2 Å². The van der Waals surface area contributed by atoms with Crippen LogP contribution in [0.4, 0.5) is 14.5 Å². The Bertz CT molecular complexity index is 1060. The van der Waals surface area contributed by atoms with Crippen LogP contribution in [0.15, 0.2) is 47.4 Å². The van der Waals surface area contributed by atoms with Gasteiger partial charge in [-0.25, -0.2) is 4.79 Å². The molecule has 1 aliphatic rings. The molecule has 0 bridgehead atoms. The lowest BCUT2D eigenvalue weighted by atomic mass is 10.1. The van der Waals surface area contributed by atoms with Crippen LogP contribution in [-0.4, -0.2) is 47.5 Å². The summed E-state index contributed by atoms with van der Waals surface area (Å²) in [5, 5.41) is 2.43. The lowest BCUT2D eigenvalue weighted by Gasteiger charge is -2.12. The number of hydrogen-bond acceptors (Lipinski definition) is 6. The fraction of sp³-hybridized carbons (Fsp3) is 0.273. The van der Waals surface area contributed by atoms with E-state index in [1.54, 1.807) is 12.1 Å². The number of esters is 1. The normalized spacial score (nSPS) is 12.8. The molecule has 0 unspecified atom stereocenters. The summed E-state index contributed by atoms with van der Waals surface area (Å²) >= 11 is 0.286. The minimum Gasteiger partial charge on any atom is -0.452 e. The first kappa shape index (κ1) is 23.4. The summed E-state index contributed by atoms with van der Waals surface area (Å²) in [6, 6.07) is 10.0. The maximum absolute atomic E-state index is 12.6. The molecule has 1 aliphatic heterocycles. The quantitative estimate of drug-likeness (QED) is 0.341. The Kier molecular flexibility index (Phi) is 7.57. The van der Waals surface area contributed by atoms with Crippen LogP contribution in [-0.2, 0) is 9.53 Å². The number of benzene rings is 2. The summed E-state index contributed by atoms with van der Waals surface area (Å²) in [5.74, 6) is -5.10. The van der Waals surface area contributed by atoms with Gasteiger partial charge in [-0.15, -0.1) is 0 Å². The number of hydrogen-bond donors (Lipinski definition) is 1. The van der Waals surface area contributed by atoms with Crippen molar-refractivity contribution in [2.75, 3.05) is 18.5 Å². The molecular weight excluding hydrogens is 442 g/mol. The molecule has 0 aromatic heterocycles. The number of alkyl halides is 2. The van der Waals surface area contributed by atoms with Gasteiger partial charge in [-0.3, -0.25) is 19.3 Å². The van der Waals surface area contributed by atoms with Gasteiger partial charge >= 0.3 is 5.97 Å². The molecule has 7 nitrogen and oxygen atoms in total. The first-order valence-electron chi connectivity index (χ1n) is 9.83. The van der Waals surface area contributed by atoms with E-state index in [1.165, 1.54) is 30.3 Å². The molecule has 2 aromatic carbocycles. The highest BCUT2D eigenvalue weighted by atomic mass is 32.2. The van der Waals surface area contributed by atoms with Gasteiger partial charge in [0, 0.05) is 11.4 Å². The Morgan fingerprint density at radius 2 is 1.81 bits per heavy atom.